The third-order valence-electron chi connectivity index (χ3n) is 2.35. The monoisotopic (exact) mass is 201 g/mol. The van der Waals surface area contributed by atoms with Crippen molar-refractivity contribution in [1.82, 2.24) is 5.32 Å². The molecule has 14 heavy (non-hydrogen) atoms. The van der Waals surface area contributed by atoms with Crippen molar-refractivity contribution in [3.8, 4) is 0 Å². The molecule has 1 amide bonds. The molecule has 0 spiro atoms. The zero-order valence-electron chi connectivity index (χ0n) is 9.04. The van der Waals surface area contributed by atoms with Crippen LogP contribution in [-0.2, 0) is 4.74 Å². The van der Waals surface area contributed by atoms with Gasteiger partial charge in [-0.25, -0.2) is 4.79 Å². The summed E-state index contributed by atoms with van der Waals surface area (Å²) in [4.78, 5) is 11.3. The first-order chi connectivity index (χ1) is 6.42. The maximum atomic E-state index is 11.3. The van der Waals surface area contributed by atoms with Crippen molar-refractivity contribution in [2.75, 3.05) is 6.61 Å². The molecule has 1 aliphatic rings. The average Bonchev–Trinajstić information content (AvgIpc) is 1.96. The SMILES string of the molecule is CC(C)(C)OC(=O)N[C@@H]1CC[C@@H]1CO. The van der Waals surface area contributed by atoms with Gasteiger partial charge in [0.1, 0.15) is 5.60 Å². The molecule has 0 aliphatic heterocycles. The largest absolute Gasteiger partial charge is 0.444 e. The molecule has 0 radical (unpaired) electrons. The first-order valence-corrected chi connectivity index (χ1v) is 5.03. The van der Waals surface area contributed by atoms with E-state index in [4.69, 9.17) is 9.84 Å². The Hall–Kier alpha value is -0.770. The van der Waals surface area contributed by atoms with Crippen LogP contribution in [-0.4, -0.2) is 29.4 Å². The summed E-state index contributed by atoms with van der Waals surface area (Å²) >= 11 is 0. The van der Waals surface area contributed by atoms with Gasteiger partial charge in [0, 0.05) is 18.6 Å². The number of aliphatic hydroxyl groups is 1. The lowest BCUT2D eigenvalue weighted by atomic mass is 9.80. The van der Waals surface area contributed by atoms with Gasteiger partial charge in [0.05, 0.1) is 0 Å². The van der Waals surface area contributed by atoms with Gasteiger partial charge < -0.3 is 15.2 Å². The minimum absolute atomic E-state index is 0.0925. The number of hydrogen-bond acceptors (Lipinski definition) is 3. The number of alkyl carbamates (subject to hydrolysis) is 1. The standard InChI is InChI=1S/C10H19NO3/c1-10(2,3)14-9(13)11-8-5-4-7(8)6-12/h7-8,12H,4-6H2,1-3H3,(H,11,13)/t7-,8-/m1/s1. The Morgan fingerprint density at radius 2 is 2.14 bits per heavy atom. The molecule has 1 rings (SSSR count). The summed E-state index contributed by atoms with van der Waals surface area (Å²) in [5.41, 5.74) is -0.456. The molecule has 0 unspecified atom stereocenters. The van der Waals surface area contributed by atoms with E-state index in [1.165, 1.54) is 0 Å². The Morgan fingerprint density at radius 3 is 2.50 bits per heavy atom. The third kappa shape index (κ3) is 3.18. The van der Waals surface area contributed by atoms with Crippen molar-refractivity contribution < 1.29 is 14.6 Å². The van der Waals surface area contributed by atoms with Crippen molar-refractivity contribution >= 4 is 6.09 Å². The minimum Gasteiger partial charge on any atom is -0.444 e. The molecule has 1 fully saturated rings. The Kier molecular flexibility index (Phi) is 3.37. The highest BCUT2D eigenvalue weighted by Crippen LogP contribution is 2.26. The van der Waals surface area contributed by atoms with Crippen LogP contribution < -0.4 is 5.32 Å². The summed E-state index contributed by atoms with van der Waals surface area (Å²) in [6.07, 6.45) is 1.53. The highest BCUT2D eigenvalue weighted by atomic mass is 16.6. The second-order valence-corrected chi connectivity index (χ2v) is 4.77. The van der Waals surface area contributed by atoms with E-state index >= 15 is 0 Å². The lowest BCUT2D eigenvalue weighted by Gasteiger charge is -2.36. The maximum absolute atomic E-state index is 11.3. The van der Waals surface area contributed by atoms with Crippen LogP contribution in [0.4, 0.5) is 4.79 Å². The van der Waals surface area contributed by atoms with Crippen LogP contribution in [0, 0.1) is 5.92 Å². The first-order valence-electron chi connectivity index (χ1n) is 5.03. The quantitative estimate of drug-likeness (QED) is 0.707. The smallest absolute Gasteiger partial charge is 0.407 e. The highest BCUT2D eigenvalue weighted by Gasteiger charge is 2.32. The molecule has 1 saturated carbocycles. The van der Waals surface area contributed by atoms with Gasteiger partial charge >= 0.3 is 6.09 Å². The molecular weight excluding hydrogens is 182 g/mol. The minimum atomic E-state index is -0.456. The fourth-order valence-electron chi connectivity index (χ4n) is 1.44. The van der Waals surface area contributed by atoms with Gasteiger partial charge in [-0.15, -0.1) is 0 Å². The van der Waals surface area contributed by atoms with Gasteiger partial charge in [0.25, 0.3) is 0 Å². The van der Waals surface area contributed by atoms with Gasteiger partial charge in [-0.3, -0.25) is 0 Å². The molecule has 0 aromatic carbocycles. The summed E-state index contributed by atoms with van der Waals surface area (Å²) in [6.45, 7) is 5.63. The Morgan fingerprint density at radius 1 is 1.50 bits per heavy atom. The zero-order chi connectivity index (χ0) is 10.8. The van der Waals surface area contributed by atoms with Gasteiger partial charge in [0.2, 0.25) is 0 Å². The summed E-state index contributed by atoms with van der Waals surface area (Å²) < 4.78 is 5.11. The third-order valence-corrected chi connectivity index (χ3v) is 2.35. The molecule has 0 bridgehead atoms. The number of rotatable bonds is 2. The van der Waals surface area contributed by atoms with Crippen molar-refractivity contribution in [2.45, 2.75) is 45.3 Å². The van der Waals surface area contributed by atoms with Gasteiger partial charge in [0.15, 0.2) is 0 Å². The van der Waals surface area contributed by atoms with E-state index in [0.29, 0.717) is 0 Å². The molecule has 0 saturated heterocycles. The molecule has 1 aliphatic carbocycles. The second kappa shape index (κ2) is 4.17. The molecule has 0 aromatic rings. The fraction of sp³-hybridized carbons (Fsp3) is 0.900. The van der Waals surface area contributed by atoms with Gasteiger partial charge in [-0.2, -0.15) is 0 Å². The molecule has 0 aromatic heterocycles. The van der Waals surface area contributed by atoms with Gasteiger partial charge in [-0.1, -0.05) is 0 Å². The molecule has 0 heterocycles. The molecule has 2 atom stereocenters. The summed E-state index contributed by atoms with van der Waals surface area (Å²) in [7, 11) is 0. The molecular formula is C10H19NO3. The topological polar surface area (TPSA) is 58.6 Å². The number of nitrogens with one attached hydrogen (secondary N) is 1. The van der Waals surface area contributed by atoms with Crippen LogP contribution in [0.3, 0.4) is 0 Å². The van der Waals surface area contributed by atoms with Crippen LogP contribution in [0.15, 0.2) is 0 Å². The van der Waals surface area contributed by atoms with Crippen LogP contribution in [0.25, 0.3) is 0 Å². The maximum Gasteiger partial charge on any atom is 0.407 e. The first kappa shape index (κ1) is 11.3. The Labute approximate surface area is 84.6 Å². The van der Waals surface area contributed by atoms with E-state index in [-0.39, 0.29) is 24.7 Å². The zero-order valence-corrected chi connectivity index (χ0v) is 9.04. The van der Waals surface area contributed by atoms with E-state index < -0.39 is 5.60 Å². The van der Waals surface area contributed by atoms with E-state index in [0.717, 1.165) is 12.8 Å². The highest BCUT2D eigenvalue weighted by molar-refractivity contribution is 5.68. The van der Waals surface area contributed by atoms with Gasteiger partial charge in [-0.05, 0) is 33.6 Å². The predicted molar refractivity (Wildman–Crippen MR) is 53.0 cm³/mol. The van der Waals surface area contributed by atoms with Crippen LogP contribution in [0.5, 0.6) is 0 Å². The number of carbonyl (C=O) groups is 1. The summed E-state index contributed by atoms with van der Waals surface area (Å²) in [5, 5.41) is 11.7. The van der Waals surface area contributed by atoms with Crippen LogP contribution in [0.2, 0.25) is 0 Å². The van der Waals surface area contributed by atoms with Crippen molar-refractivity contribution in [1.29, 1.82) is 0 Å². The predicted octanol–water partition coefficient (Wildman–Crippen LogP) is 1.28. The van der Waals surface area contributed by atoms with Crippen LogP contribution in [0.1, 0.15) is 33.6 Å². The van der Waals surface area contributed by atoms with Crippen molar-refractivity contribution in [3.63, 3.8) is 0 Å². The molecule has 4 nitrogen and oxygen atoms in total. The number of aliphatic hydroxyl groups excluding tert-OH is 1. The van der Waals surface area contributed by atoms with E-state index in [2.05, 4.69) is 5.32 Å². The number of amides is 1. The van der Waals surface area contributed by atoms with E-state index in [9.17, 15) is 4.79 Å². The summed E-state index contributed by atoms with van der Waals surface area (Å²) in [5.74, 6) is 0.211. The normalized spacial score (nSPS) is 26.6. The second-order valence-electron chi connectivity index (χ2n) is 4.77. The number of carbonyl (C=O) groups excluding carboxylic acids is 1. The molecule has 4 heteroatoms. The number of hydrogen-bond donors (Lipinski definition) is 2. The fourth-order valence-corrected chi connectivity index (χ4v) is 1.44. The van der Waals surface area contributed by atoms with Crippen LogP contribution >= 0.6 is 0 Å². The Bertz CT molecular complexity index is 208. The molecule has 2 N–H and O–H groups in total. The Balaban J connectivity index is 2.27. The van der Waals surface area contributed by atoms with E-state index in [1.54, 1.807) is 0 Å². The van der Waals surface area contributed by atoms with E-state index in [1.807, 2.05) is 20.8 Å². The van der Waals surface area contributed by atoms with Crippen molar-refractivity contribution in [3.05, 3.63) is 0 Å². The average molecular weight is 201 g/mol. The summed E-state index contributed by atoms with van der Waals surface area (Å²) in [6, 6.07) is 0.0925. The number of ether oxygens (including phenoxy) is 1. The lowest BCUT2D eigenvalue weighted by Crippen LogP contribution is -2.49. The molecule has 82 valence electrons. The lowest BCUT2D eigenvalue weighted by molar-refractivity contribution is 0.0389. The van der Waals surface area contributed by atoms with Crippen molar-refractivity contribution in [2.24, 2.45) is 5.92 Å².